The highest BCUT2D eigenvalue weighted by atomic mass is 32.1. The molecule has 86 valence electrons. The Kier molecular flexibility index (Phi) is 3.05. The summed E-state index contributed by atoms with van der Waals surface area (Å²) in [4.78, 5) is 1.04. The van der Waals surface area contributed by atoms with Crippen molar-refractivity contribution in [2.24, 2.45) is 5.92 Å². The lowest BCUT2D eigenvalue weighted by molar-refractivity contribution is -0.00300. The molecule has 0 amide bonds. The van der Waals surface area contributed by atoms with E-state index in [0.717, 1.165) is 4.88 Å². The minimum absolute atomic E-state index is 0.00891. The average Bonchev–Trinajstić information content (AvgIpc) is 2.44. The highest BCUT2D eigenvalue weighted by Gasteiger charge is 2.19. The Hall–Kier alpha value is -0.850. The molecule has 0 atom stereocenters. The normalized spacial score (nSPS) is 16.5. The topological polar surface area (TPSA) is 9.23 Å². The van der Waals surface area contributed by atoms with Crippen molar-refractivity contribution in [1.29, 1.82) is 0 Å². The molecule has 0 saturated carbocycles. The van der Waals surface area contributed by atoms with E-state index in [1.165, 1.54) is 11.3 Å². The second-order valence-corrected chi connectivity index (χ2v) is 6.05. The van der Waals surface area contributed by atoms with Crippen LogP contribution in [0.3, 0.4) is 0 Å². The highest BCUT2D eigenvalue weighted by Crippen LogP contribution is 2.31. The van der Waals surface area contributed by atoms with Crippen LogP contribution in [0.1, 0.15) is 31.2 Å². The molecule has 2 rings (SSSR count). The maximum Gasteiger partial charge on any atom is 0.192 e. The fourth-order valence-corrected chi connectivity index (χ4v) is 2.22. The molecule has 1 nitrogen and oxygen atoms in total. The van der Waals surface area contributed by atoms with E-state index < -0.39 is 0 Å². The van der Waals surface area contributed by atoms with Gasteiger partial charge in [-0.15, -0.1) is 11.3 Å². The predicted octanol–water partition coefficient (Wildman–Crippen LogP) is 3.18. The van der Waals surface area contributed by atoms with Crippen LogP contribution in [0.5, 0.6) is 0 Å². The van der Waals surface area contributed by atoms with E-state index in [1.54, 1.807) is 0 Å². The van der Waals surface area contributed by atoms with E-state index >= 15 is 0 Å². The molecular weight excluding hydrogens is 223 g/mol. The van der Waals surface area contributed by atoms with Crippen LogP contribution in [0.25, 0.3) is 0 Å². The Labute approximate surface area is 99.6 Å². The lowest BCUT2D eigenvalue weighted by Gasteiger charge is -2.19. The molecule has 1 aliphatic rings. The summed E-state index contributed by atoms with van der Waals surface area (Å²) in [5.41, 5.74) is 0.521. The summed E-state index contributed by atoms with van der Waals surface area (Å²) in [5, 5.41) is -0.169. The number of hydrogen-bond acceptors (Lipinski definition) is 2. The van der Waals surface area contributed by atoms with Crippen LogP contribution in [0.4, 0.5) is 4.39 Å². The first-order valence-electron chi connectivity index (χ1n) is 5.36. The minimum atomic E-state index is -0.169. The monoisotopic (exact) mass is 238 g/mol. The van der Waals surface area contributed by atoms with Crippen molar-refractivity contribution in [3.8, 4) is 11.8 Å². The van der Waals surface area contributed by atoms with Gasteiger partial charge >= 0.3 is 0 Å². The zero-order chi connectivity index (χ0) is 11.8. The summed E-state index contributed by atoms with van der Waals surface area (Å²) in [6.45, 7) is 7.61. The van der Waals surface area contributed by atoms with Crippen LogP contribution >= 0.6 is 11.3 Å². The van der Waals surface area contributed by atoms with E-state index in [1.807, 2.05) is 6.07 Å². The molecule has 1 aromatic heterocycles. The summed E-state index contributed by atoms with van der Waals surface area (Å²) >= 11 is 1.20. The Bertz CT molecular complexity index is 441. The van der Waals surface area contributed by atoms with Gasteiger partial charge in [0.05, 0.1) is 24.7 Å². The number of thiophene rings is 1. The first kappa shape index (κ1) is 11.6. The Morgan fingerprint density at radius 1 is 1.44 bits per heavy atom. The molecule has 0 spiro atoms. The van der Waals surface area contributed by atoms with E-state index in [0.29, 0.717) is 18.8 Å². The molecule has 0 aliphatic carbocycles. The molecule has 16 heavy (non-hydrogen) atoms. The third kappa shape index (κ3) is 2.45. The molecule has 0 aromatic carbocycles. The lowest BCUT2D eigenvalue weighted by Crippen LogP contribution is -2.25. The van der Waals surface area contributed by atoms with Gasteiger partial charge in [-0.05, 0) is 11.5 Å². The SMILES string of the molecule is CC(C)(C)c1cc(C#CC2COC2)c(F)s1. The van der Waals surface area contributed by atoms with Gasteiger partial charge in [-0.1, -0.05) is 32.6 Å². The van der Waals surface area contributed by atoms with Gasteiger partial charge in [0.25, 0.3) is 0 Å². The maximum absolute atomic E-state index is 13.6. The summed E-state index contributed by atoms with van der Waals surface area (Å²) in [7, 11) is 0. The molecule has 0 N–H and O–H groups in total. The summed E-state index contributed by atoms with van der Waals surface area (Å²) in [5.74, 6) is 6.23. The third-order valence-electron chi connectivity index (χ3n) is 2.47. The molecule has 1 aliphatic heterocycles. The molecule has 0 bridgehead atoms. The van der Waals surface area contributed by atoms with Gasteiger partial charge in [0.2, 0.25) is 0 Å². The number of hydrogen-bond donors (Lipinski definition) is 0. The van der Waals surface area contributed by atoms with Gasteiger partial charge in [-0.3, -0.25) is 0 Å². The Morgan fingerprint density at radius 3 is 2.56 bits per heavy atom. The van der Waals surface area contributed by atoms with E-state index in [4.69, 9.17) is 4.74 Å². The smallest absolute Gasteiger partial charge is 0.192 e. The first-order valence-corrected chi connectivity index (χ1v) is 6.17. The Balaban J connectivity index is 2.20. The van der Waals surface area contributed by atoms with E-state index in [9.17, 15) is 4.39 Å². The fourth-order valence-electron chi connectivity index (χ4n) is 1.32. The molecule has 1 aromatic rings. The largest absolute Gasteiger partial charge is 0.379 e. The van der Waals surface area contributed by atoms with E-state index in [-0.39, 0.29) is 16.5 Å². The Morgan fingerprint density at radius 2 is 2.12 bits per heavy atom. The van der Waals surface area contributed by atoms with Gasteiger partial charge < -0.3 is 4.74 Å². The van der Waals surface area contributed by atoms with Crippen molar-refractivity contribution in [3.05, 3.63) is 21.6 Å². The van der Waals surface area contributed by atoms with Crippen molar-refractivity contribution < 1.29 is 9.13 Å². The second kappa shape index (κ2) is 4.20. The summed E-state index contributed by atoms with van der Waals surface area (Å²) < 4.78 is 18.6. The molecule has 3 heteroatoms. The number of ether oxygens (including phenoxy) is 1. The molecule has 2 heterocycles. The van der Waals surface area contributed by atoms with Crippen LogP contribution in [0.15, 0.2) is 6.07 Å². The molecule has 0 radical (unpaired) electrons. The quantitative estimate of drug-likeness (QED) is 0.631. The summed E-state index contributed by atoms with van der Waals surface area (Å²) in [6.07, 6.45) is 0. The first-order chi connectivity index (χ1) is 7.47. The van der Waals surface area contributed by atoms with Crippen LogP contribution in [0, 0.1) is 22.9 Å². The van der Waals surface area contributed by atoms with Gasteiger partial charge in [-0.2, -0.15) is 4.39 Å². The van der Waals surface area contributed by atoms with Crippen LogP contribution in [-0.2, 0) is 10.2 Å². The number of halogens is 1. The maximum atomic E-state index is 13.6. The van der Waals surface area contributed by atoms with Crippen molar-refractivity contribution in [3.63, 3.8) is 0 Å². The fraction of sp³-hybridized carbons (Fsp3) is 0.538. The third-order valence-corrected chi connectivity index (χ3v) is 3.82. The minimum Gasteiger partial charge on any atom is -0.379 e. The van der Waals surface area contributed by atoms with Crippen molar-refractivity contribution in [2.45, 2.75) is 26.2 Å². The summed E-state index contributed by atoms with van der Waals surface area (Å²) in [6, 6.07) is 1.87. The molecule has 1 saturated heterocycles. The molecule has 1 fully saturated rings. The molecular formula is C13H15FOS. The zero-order valence-corrected chi connectivity index (χ0v) is 10.6. The second-order valence-electron chi connectivity index (χ2n) is 5.05. The van der Waals surface area contributed by atoms with Crippen molar-refractivity contribution >= 4 is 11.3 Å². The van der Waals surface area contributed by atoms with Crippen LogP contribution in [-0.4, -0.2) is 13.2 Å². The predicted molar refractivity (Wildman–Crippen MR) is 64.2 cm³/mol. The highest BCUT2D eigenvalue weighted by molar-refractivity contribution is 7.10. The van der Waals surface area contributed by atoms with E-state index in [2.05, 4.69) is 32.6 Å². The van der Waals surface area contributed by atoms with Gasteiger partial charge in [0.15, 0.2) is 5.13 Å². The lowest BCUT2D eigenvalue weighted by atomic mass is 9.94. The van der Waals surface area contributed by atoms with Crippen LogP contribution < -0.4 is 0 Å². The van der Waals surface area contributed by atoms with Gasteiger partial charge in [-0.25, -0.2) is 0 Å². The van der Waals surface area contributed by atoms with Gasteiger partial charge in [0.1, 0.15) is 0 Å². The van der Waals surface area contributed by atoms with Gasteiger partial charge in [0, 0.05) is 4.88 Å². The van der Waals surface area contributed by atoms with Crippen molar-refractivity contribution in [1.82, 2.24) is 0 Å². The molecule has 0 unspecified atom stereocenters. The number of rotatable bonds is 0. The average molecular weight is 238 g/mol. The van der Waals surface area contributed by atoms with Crippen molar-refractivity contribution in [2.75, 3.05) is 13.2 Å². The zero-order valence-electron chi connectivity index (χ0n) is 9.76. The standard InChI is InChI=1S/C13H15FOS/c1-13(2,3)11-6-10(12(14)16-11)5-4-9-7-15-8-9/h6,9H,7-8H2,1-3H3. The van der Waals surface area contributed by atoms with Crippen LogP contribution in [0.2, 0.25) is 0 Å².